The molecule has 1 spiro atoms. The Morgan fingerprint density at radius 1 is 1.00 bits per heavy atom. The smallest absolute Gasteiger partial charge is 0.246 e. The highest BCUT2D eigenvalue weighted by atomic mass is 35.5. The molecule has 3 amide bonds. The summed E-state index contributed by atoms with van der Waals surface area (Å²) in [5, 5.41) is 12.7. The largest absolute Gasteiger partial charge is 0.492 e. The molecule has 1 atom stereocenters. The van der Waals surface area contributed by atoms with Gasteiger partial charge < -0.3 is 26.0 Å². The van der Waals surface area contributed by atoms with Crippen LogP contribution in [-0.2, 0) is 20.8 Å². The van der Waals surface area contributed by atoms with Crippen molar-refractivity contribution in [1.82, 2.24) is 21.3 Å². The van der Waals surface area contributed by atoms with Crippen LogP contribution in [0.5, 0.6) is 5.75 Å². The lowest BCUT2D eigenvalue weighted by Crippen LogP contribution is -2.65. The van der Waals surface area contributed by atoms with Gasteiger partial charge in [-0.15, -0.1) is 0 Å². The van der Waals surface area contributed by atoms with Crippen LogP contribution in [0.2, 0.25) is 5.02 Å². The number of amides is 3. The van der Waals surface area contributed by atoms with E-state index in [2.05, 4.69) is 21.3 Å². The average molecular weight is 553 g/mol. The molecule has 4 N–H and O–H groups in total. The second kappa shape index (κ2) is 12.7. The van der Waals surface area contributed by atoms with E-state index in [1.54, 1.807) is 26.0 Å². The molecule has 8 nitrogen and oxygen atoms in total. The summed E-state index contributed by atoms with van der Waals surface area (Å²) < 4.78 is 5.98. The fourth-order valence-corrected chi connectivity index (χ4v) is 5.20. The summed E-state index contributed by atoms with van der Waals surface area (Å²) in [6, 6.07) is 14.0. The highest BCUT2D eigenvalue weighted by molar-refractivity contribution is 6.30. The molecule has 39 heavy (non-hydrogen) atoms. The first kappa shape index (κ1) is 28.6. The number of carbonyl (C=O) groups is 3. The molecule has 1 aliphatic carbocycles. The normalized spacial score (nSPS) is 22.8. The lowest BCUT2D eigenvalue weighted by molar-refractivity contribution is -0.137. The zero-order valence-electron chi connectivity index (χ0n) is 22.5. The predicted molar refractivity (Wildman–Crippen MR) is 152 cm³/mol. The van der Waals surface area contributed by atoms with Crippen molar-refractivity contribution in [1.29, 1.82) is 0 Å². The third-order valence-electron chi connectivity index (χ3n) is 7.30. The molecule has 0 saturated heterocycles. The molecule has 1 fully saturated rings. The average Bonchev–Trinajstić information content (AvgIpc) is 3.38. The van der Waals surface area contributed by atoms with Gasteiger partial charge in [0.05, 0.1) is 5.54 Å². The van der Waals surface area contributed by atoms with Gasteiger partial charge in [0.2, 0.25) is 17.7 Å². The summed E-state index contributed by atoms with van der Waals surface area (Å²) >= 11 is 6.18. The number of halogens is 1. The Balaban J connectivity index is 1.63. The summed E-state index contributed by atoms with van der Waals surface area (Å²) in [5.41, 5.74) is -0.330. The standard InChI is InChI=1S/C30H37ClN4O4/c1-29(2)27(37)35-30(14-5-6-15-30)28(38)34-24(20-21-9-7-12-23(31)19-21)26(36)32-16-8-11-22-10-3-4-13-25(22)39-18-17-33-29/h3-4,7-13,19,24,33H,5-6,14-18,20H2,1-2H3,(H,32,36)(H,34,38)(H,35,37)/b11-8+/t24-/m0/s1. The molecular formula is C30H37ClN4O4. The first-order valence-electron chi connectivity index (χ1n) is 13.5. The van der Waals surface area contributed by atoms with Crippen LogP contribution in [0.4, 0.5) is 0 Å². The minimum absolute atomic E-state index is 0.260. The van der Waals surface area contributed by atoms with Crippen molar-refractivity contribution >= 4 is 35.4 Å². The van der Waals surface area contributed by atoms with Crippen LogP contribution in [0.15, 0.2) is 54.6 Å². The van der Waals surface area contributed by atoms with E-state index in [0.717, 1.165) is 24.0 Å². The first-order valence-corrected chi connectivity index (χ1v) is 13.9. The van der Waals surface area contributed by atoms with Crippen molar-refractivity contribution in [3.8, 4) is 5.75 Å². The van der Waals surface area contributed by atoms with Gasteiger partial charge in [-0.25, -0.2) is 0 Å². The molecule has 9 heteroatoms. The van der Waals surface area contributed by atoms with Gasteiger partial charge in [0.15, 0.2) is 0 Å². The molecule has 0 unspecified atom stereocenters. The fourth-order valence-electron chi connectivity index (χ4n) is 4.99. The molecular weight excluding hydrogens is 516 g/mol. The maximum atomic E-state index is 13.8. The third-order valence-corrected chi connectivity index (χ3v) is 7.54. The highest BCUT2D eigenvalue weighted by Gasteiger charge is 2.45. The lowest BCUT2D eigenvalue weighted by Gasteiger charge is -2.35. The van der Waals surface area contributed by atoms with Gasteiger partial charge in [-0.3, -0.25) is 14.4 Å². The van der Waals surface area contributed by atoms with Gasteiger partial charge in [-0.2, -0.15) is 0 Å². The number of nitrogens with one attached hydrogen (secondary N) is 4. The Hall–Kier alpha value is -3.36. The van der Waals surface area contributed by atoms with Crippen molar-refractivity contribution in [3.63, 3.8) is 0 Å². The maximum absolute atomic E-state index is 13.8. The summed E-state index contributed by atoms with van der Waals surface area (Å²) in [6.45, 7) is 4.64. The van der Waals surface area contributed by atoms with Crippen molar-refractivity contribution in [2.24, 2.45) is 0 Å². The third kappa shape index (κ3) is 7.40. The van der Waals surface area contributed by atoms with Crippen molar-refractivity contribution in [3.05, 3.63) is 70.8 Å². The Morgan fingerprint density at radius 2 is 1.77 bits per heavy atom. The van der Waals surface area contributed by atoms with Crippen molar-refractivity contribution in [2.75, 3.05) is 19.7 Å². The number of ether oxygens (including phenoxy) is 1. The number of benzene rings is 2. The van der Waals surface area contributed by atoms with Gasteiger partial charge in [0.1, 0.15) is 23.9 Å². The Morgan fingerprint density at radius 3 is 2.54 bits per heavy atom. The van der Waals surface area contributed by atoms with Crippen LogP contribution in [0.1, 0.15) is 50.7 Å². The van der Waals surface area contributed by atoms with E-state index >= 15 is 0 Å². The summed E-state index contributed by atoms with van der Waals surface area (Å²) in [4.78, 5) is 40.5. The van der Waals surface area contributed by atoms with E-state index in [1.165, 1.54) is 0 Å². The molecule has 4 rings (SSSR count). The molecule has 0 aromatic heterocycles. The topological polar surface area (TPSA) is 109 Å². The quantitative estimate of drug-likeness (QED) is 0.457. The maximum Gasteiger partial charge on any atom is 0.246 e. The molecule has 1 heterocycles. The van der Waals surface area contributed by atoms with Gasteiger partial charge in [0.25, 0.3) is 0 Å². The Kier molecular flexibility index (Phi) is 9.30. The van der Waals surface area contributed by atoms with Crippen LogP contribution in [0.25, 0.3) is 6.08 Å². The van der Waals surface area contributed by atoms with Crippen molar-refractivity contribution < 1.29 is 19.1 Å². The van der Waals surface area contributed by atoms with E-state index in [0.29, 0.717) is 36.8 Å². The van der Waals surface area contributed by atoms with E-state index in [4.69, 9.17) is 16.3 Å². The van der Waals surface area contributed by atoms with Crippen LogP contribution >= 0.6 is 11.6 Å². The second-order valence-corrected chi connectivity index (χ2v) is 11.1. The van der Waals surface area contributed by atoms with E-state index < -0.39 is 17.1 Å². The molecule has 0 radical (unpaired) electrons. The molecule has 0 bridgehead atoms. The van der Waals surface area contributed by atoms with Crippen LogP contribution in [0, 0.1) is 0 Å². The summed E-state index contributed by atoms with van der Waals surface area (Å²) in [6.07, 6.45) is 6.64. The lowest BCUT2D eigenvalue weighted by atomic mass is 9.92. The minimum atomic E-state index is -1.08. The molecule has 208 valence electrons. The van der Waals surface area contributed by atoms with Gasteiger partial charge >= 0.3 is 0 Å². The number of hydrogen-bond acceptors (Lipinski definition) is 5. The van der Waals surface area contributed by atoms with Crippen LogP contribution in [0.3, 0.4) is 0 Å². The van der Waals surface area contributed by atoms with Gasteiger partial charge in [0, 0.05) is 30.1 Å². The van der Waals surface area contributed by atoms with Crippen molar-refractivity contribution in [2.45, 2.75) is 63.1 Å². The predicted octanol–water partition coefficient (Wildman–Crippen LogP) is 3.39. The summed E-state index contributed by atoms with van der Waals surface area (Å²) in [5.74, 6) is -0.235. The number of hydrogen-bond donors (Lipinski definition) is 4. The zero-order chi connectivity index (χ0) is 27.9. The second-order valence-electron chi connectivity index (χ2n) is 10.7. The van der Waals surface area contributed by atoms with Crippen LogP contribution in [-0.4, -0.2) is 54.5 Å². The molecule has 1 aliphatic heterocycles. The Bertz CT molecular complexity index is 1220. The Labute approximate surface area is 234 Å². The SMILES string of the molecule is CC1(C)NCCOc2ccccc2/C=C/CNC(=O)[C@H](Cc2cccc(Cl)c2)NC(=O)C2(CCCC2)NC1=O. The molecule has 2 aromatic rings. The number of para-hydroxylation sites is 1. The monoisotopic (exact) mass is 552 g/mol. The highest BCUT2D eigenvalue weighted by Crippen LogP contribution is 2.31. The molecule has 2 aromatic carbocycles. The zero-order valence-corrected chi connectivity index (χ0v) is 23.3. The first-order chi connectivity index (χ1) is 18.7. The summed E-state index contributed by atoms with van der Waals surface area (Å²) in [7, 11) is 0. The van der Waals surface area contributed by atoms with Crippen LogP contribution < -0.4 is 26.0 Å². The number of rotatable bonds is 2. The minimum Gasteiger partial charge on any atom is -0.492 e. The van der Waals surface area contributed by atoms with E-state index in [1.807, 2.05) is 48.6 Å². The van der Waals surface area contributed by atoms with E-state index in [-0.39, 0.29) is 30.7 Å². The fraction of sp³-hybridized carbons (Fsp3) is 0.433. The molecule has 1 saturated carbocycles. The number of fused-ring (bicyclic) bond motifs is 1. The van der Waals surface area contributed by atoms with Gasteiger partial charge in [-0.1, -0.05) is 66.9 Å². The van der Waals surface area contributed by atoms with Gasteiger partial charge in [-0.05, 0) is 50.5 Å². The van der Waals surface area contributed by atoms with E-state index in [9.17, 15) is 14.4 Å². The molecule has 2 aliphatic rings. The number of carbonyl (C=O) groups excluding carboxylic acids is 3.